The molecule has 0 radical (unpaired) electrons. The number of nitrogens with one attached hydrogen (secondary N) is 2. The first-order chi connectivity index (χ1) is 31.2. The standard InChI is InChI=1S/C41H46ClF2N11O4.C5H10O/c1-23-35(42)31(54-13-8-34(56)49-39(54)59)17-29(48-23)38(58)51-14-9-40(10-15-51)19-26(20-40)52-11-6-25(41(43,44)22-52)16-24-4-3-5-30-27(24)7-12-53(30)33-18-28(46-2)37-47-21-32(36(45)57)55(37)50-33;1-6-5-3-2-4-5/h3-5,17-18,21,25-26,46H,6-16,19-20,22H2,1-2H3,(H2,45,57)(H,49,56,59);5H,2-4H2,1H3. The lowest BCUT2D eigenvalue weighted by Crippen LogP contribution is -2.60. The number of ether oxygens (including phenoxy) is 1. The molecule has 4 aromatic rings. The number of alkyl halides is 2. The summed E-state index contributed by atoms with van der Waals surface area (Å²) in [5.74, 6) is -4.30. The molecule has 6 aliphatic rings. The number of aryl methyl sites for hydroxylation is 1. The highest BCUT2D eigenvalue weighted by Gasteiger charge is 2.53. The van der Waals surface area contributed by atoms with Crippen LogP contribution in [-0.4, -0.2) is 125 Å². The average molecular weight is 916 g/mol. The maximum atomic E-state index is 16.1. The number of aromatic nitrogens is 4. The number of halogens is 3. The second kappa shape index (κ2) is 17.7. The molecule has 1 atom stereocenters. The lowest BCUT2D eigenvalue weighted by molar-refractivity contribution is -0.143. The second-order valence-electron chi connectivity index (χ2n) is 18.5. The number of carbonyl (C=O) groups excluding carboxylic acids is 4. The number of imidazole rings is 1. The first-order valence-corrected chi connectivity index (χ1v) is 23.0. The molecular formula is C46H56ClF2N11O5. The number of methoxy groups -OCH3 is 1. The zero-order valence-electron chi connectivity index (χ0n) is 37.0. The van der Waals surface area contributed by atoms with Crippen LogP contribution in [0.2, 0.25) is 5.02 Å². The highest BCUT2D eigenvalue weighted by Crippen LogP contribution is 2.53. The molecule has 1 unspecified atom stereocenters. The van der Waals surface area contributed by atoms with Gasteiger partial charge in [-0.1, -0.05) is 23.7 Å². The molecule has 2 saturated carbocycles. The van der Waals surface area contributed by atoms with Gasteiger partial charge in [-0.3, -0.25) is 29.5 Å². The molecule has 5 amide bonds. The minimum Gasteiger partial charge on any atom is -0.385 e. The van der Waals surface area contributed by atoms with Gasteiger partial charge >= 0.3 is 6.03 Å². The third-order valence-electron chi connectivity index (χ3n) is 14.6. The Balaban J connectivity index is 0.000000823. The van der Waals surface area contributed by atoms with E-state index < -0.39 is 23.8 Å². The summed E-state index contributed by atoms with van der Waals surface area (Å²) in [5.41, 5.74) is 10.8. The molecule has 3 saturated heterocycles. The topological polar surface area (TPSA) is 184 Å². The molecule has 1 aromatic carbocycles. The summed E-state index contributed by atoms with van der Waals surface area (Å²) in [4.78, 5) is 65.9. The van der Waals surface area contributed by atoms with Crippen LogP contribution in [-0.2, 0) is 22.4 Å². The number of carbonyl (C=O) groups is 4. The van der Waals surface area contributed by atoms with Gasteiger partial charge in [0.25, 0.3) is 17.7 Å². The van der Waals surface area contributed by atoms with Crippen LogP contribution in [0.4, 0.5) is 36.5 Å². The van der Waals surface area contributed by atoms with Gasteiger partial charge in [0, 0.05) is 70.5 Å². The number of anilines is 4. The number of nitrogens with zero attached hydrogens (tertiary/aromatic N) is 8. The number of imide groups is 1. The summed E-state index contributed by atoms with van der Waals surface area (Å²) in [6.07, 6.45) is 10.7. The van der Waals surface area contributed by atoms with E-state index in [2.05, 4.69) is 20.6 Å². The molecule has 1 spiro atoms. The van der Waals surface area contributed by atoms with Crippen LogP contribution in [0.3, 0.4) is 0 Å². The van der Waals surface area contributed by atoms with Crippen molar-refractivity contribution in [2.24, 2.45) is 17.1 Å². The Kier molecular flexibility index (Phi) is 12.2. The van der Waals surface area contributed by atoms with E-state index >= 15 is 8.78 Å². The Labute approximate surface area is 381 Å². The summed E-state index contributed by atoms with van der Waals surface area (Å²) in [6.45, 7) is 3.84. The smallest absolute Gasteiger partial charge is 0.328 e. The van der Waals surface area contributed by atoms with E-state index in [0.717, 1.165) is 42.5 Å². The van der Waals surface area contributed by atoms with E-state index in [4.69, 9.17) is 27.2 Å². The van der Waals surface area contributed by atoms with Crippen molar-refractivity contribution in [1.29, 1.82) is 0 Å². The largest absolute Gasteiger partial charge is 0.385 e. The molecule has 65 heavy (non-hydrogen) atoms. The number of amides is 5. The van der Waals surface area contributed by atoms with Gasteiger partial charge in [-0.05, 0) is 106 Å². The van der Waals surface area contributed by atoms with E-state index in [9.17, 15) is 19.2 Å². The van der Waals surface area contributed by atoms with Crippen LogP contribution in [0.1, 0.15) is 95.6 Å². The molecule has 346 valence electrons. The third kappa shape index (κ3) is 8.60. The van der Waals surface area contributed by atoms with E-state index in [1.165, 1.54) is 40.9 Å². The maximum Gasteiger partial charge on any atom is 0.328 e. The van der Waals surface area contributed by atoms with E-state index in [-0.39, 0.29) is 65.6 Å². The van der Waals surface area contributed by atoms with Gasteiger partial charge in [-0.15, -0.1) is 5.10 Å². The second-order valence-corrected chi connectivity index (χ2v) is 18.8. The average Bonchev–Trinajstić information content (AvgIpc) is 3.90. The maximum absolute atomic E-state index is 16.1. The van der Waals surface area contributed by atoms with Crippen LogP contribution in [0.15, 0.2) is 36.5 Å². The Hall–Kier alpha value is -5.46. The number of fused-ring (bicyclic) bond motifs is 2. The molecule has 0 bridgehead atoms. The highest BCUT2D eigenvalue weighted by atomic mass is 35.5. The third-order valence-corrected chi connectivity index (χ3v) is 15.1. The number of nitrogens with two attached hydrogens (primary N) is 1. The number of pyridine rings is 1. The fourth-order valence-corrected chi connectivity index (χ4v) is 10.7. The van der Waals surface area contributed by atoms with Crippen molar-refractivity contribution in [2.45, 2.75) is 95.6 Å². The summed E-state index contributed by atoms with van der Waals surface area (Å²) < 4.78 is 38.6. The van der Waals surface area contributed by atoms with Gasteiger partial charge in [-0.2, -0.15) is 0 Å². The predicted molar refractivity (Wildman–Crippen MR) is 241 cm³/mol. The van der Waals surface area contributed by atoms with Gasteiger partial charge in [0.15, 0.2) is 11.5 Å². The molecule has 5 fully saturated rings. The van der Waals surface area contributed by atoms with Crippen LogP contribution in [0.25, 0.3) is 5.65 Å². The zero-order valence-corrected chi connectivity index (χ0v) is 37.8. The summed E-state index contributed by atoms with van der Waals surface area (Å²) in [5, 5.41) is 10.4. The predicted octanol–water partition coefficient (Wildman–Crippen LogP) is 6.14. The van der Waals surface area contributed by atoms with Gasteiger partial charge in [0.1, 0.15) is 11.4 Å². The molecule has 2 aliphatic carbocycles. The van der Waals surface area contributed by atoms with Crippen molar-refractivity contribution in [3.63, 3.8) is 0 Å². The highest BCUT2D eigenvalue weighted by molar-refractivity contribution is 6.34. The minimum atomic E-state index is -2.86. The number of hydrogen-bond acceptors (Lipinski definition) is 11. The number of likely N-dealkylation sites (tertiary alicyclic amines) is 2. The first-order valence-electron chi connectivity index (χ1n) is 22.6. The fourth-order valence-electron chi connectivity index (χ4n) is 10.5. The minimum absolute atomic E-state index is 0.0175. The van der Waals surface area contributed by atoms with E-state index in [1.807, 2.05) is 34.1 Å². The summed E-state index contributed by atoms with van der Waals surface area (Å²) in [7, 11) is 3.55. The fraction of sp³-hybridized carbons (Fsp3) is 0.543. The molecule has 19 heteroatoms. The molecule has 10 rings (SSSR count). The number of primary amides is 1. The number of hydrogen-bond donors (Lipinski definition) is 3. The monoisotopic (exact) mass is 915 g/mol. The van der Waals surface area contributed by atoms with Crippen molar-refractivity contribution < 1.29 is 32.7 Å². The quantitative estimate of drug-likeness (QED) is 0.176. The van der Waals surface area contributed by atoms with E-state index in [1.54, 1.807) is 26.0 Å². The number of benzene rings is 1. The Morgan fingerprint density at radius 2 is 1.77 bits per heavy atom. The number of piperidine rings is 2. The molecule has 16 nitrogen and oxygen atoms in total. The van der Waals surface area contributed by atoms with Crippen molar-refractivity contribution in [3.05, 3.63) is 69.8 Å². The number of rotatable bonds is 9. The van der Waals surface area contributed by atoms with Crippen molar-refractivity contribution in [2.75, 3.05) is 68.5 Å². The SMILES string of the molecule is CNc1cc(N2CCc3c(CC4CCN(C5CC6(CCN(C(=O)c7cc(N8CCC(=O)NC8=O)c(Cl)c(C)n7)CC6)C5)CC4(F)F)cccc32)nn2c(C(N)=O)cnc12.COC1CCC1. The first kappa shape index (κ1) is 44.7. The van der Waals surface area contributed by atoms with Crippen LogP contribution in [0.5, 0.6) is 0 Å². The lowest BCUT2D eigenvalue weighted by atomic mass is 9.59. The van der Waals surface area contributed by atoms with Gasteiger partial charge < -0.3 is 25.6 Å². The van der Waals surface area contributed by atoms with Gasteiger partial charge in [-0.25, -0.2) is 28.1 Å². The summed E-state index contributed by atoms with van der Waals surface area (Å²) in [6, 6.07) is 8.75. The van der Waals surface area contributed by atoms with Gasteiger partial charge in [0.2, 0.25) is 5.91 Å². The van der Waals surface area contributed by atoms with Crippen LogP contribution in [0, 0.1) is 18.3 Å². The van der Waals surface area contributed by atoms with E-state index in [0.29, 0.717) is 73.7 Å². The van der Waals surface area contributed by atoms with Crippen LogP contribution < -0.4 is 26.2 Å². The summed E-state index contributed by atoms with van der Waals surface area (Å²) >= 11 is 6.51. The molecule has 7 heterocycles. The number of urea groups is 1. The molecular weight excluding hydrogens is 860 g/mol. The Morgan fingerprint density at radius 1 is 1.02 bits per heavy atom. The van der Waals surface area contributed by atoms with Crippen LogP contribution >= 0.6 is 11.6 Å². The Morgan fingerprint density at radius 3 is 2.42 bits per heavy atom. The van der Waals surface area contributed by atoms with Crippen molar-refractivity contribution in [1.82, 2.24) is 34.7 Å². The van der Waals surface area contributed by atoms with Crippen molar-refractivity contribution in [3.8, 4) is 0 Å². The van der Waals surface area contributed by atoms with Gasteiger partial charge in [0.05, 0.1) is 40.9 Å². The van der Waals surface area contributed by atoms with Crippen molar-refractivity contribution >= 4 is 63.9 Å². The molecule has 3 aromatic heterocycles. The molecule has 4 aliphatic heterocycles. The Bertz CT molecular complexity index is 2520. The normalized spacial score (nSPS) is 21.9. The molecule has 4 N–H and O–H groups in total. The lowest BCUT2D eigenvalue weighted by Gasteiger charge is -2.56. The zero-order chi connectivity index (χ0) is 45.8.